The van der Waals surface area contributed by atoms with E-state index in [1.165, 1.54) is 0 Å². The van der Waals surface area contributed by atoms with Gasteiger partial charge in [-0.25, -0.2) is 0 Å². The first-order valence-corrected chi connectivity index (χ1v) is 7.30. The molecule has 3 nitrogen and oxygen atoms in total. The van der Waals surface area contributed by atoms with Crippen LogP contribution in [0.15, 0.2) is 16.7 Å². The molecule has 1 heterocycles. The lowest BCUT2D eigenvalue weighted by Crippen LogP contribution is -2.31. The second kappa shape index (κ2) is 5.88. The van der Waals surface area contributed by atoms with Crippen LogP contribution in [0, 0.1) is 13.8 Å². The fourth-order valence-electron chi connectivity index (χ4n) is 2.59. The number of benzene rings is 1. The Bertz CT molecular complexity index is 641. The van der Waals surface area contributed by atoms with Gasteiger partial charge in [0.05, 0.1) is 12.7 Å². The molecule has 0 saturated carbocycles. The van der Waals surface area contributed by atoms with Gasteiger partial charge in [0, 0.05) is 29.1 Å². The van der Waals surface area contributed by atoms with Crippen molar-refractivity contribution >= 4 is 28.5 Å². The van der Waals surface area contributed by atoms with E-state index >= 15 is 0 Å². The fourth-order valence-corrected chi connectivity index (χ4v) is 2.74. The maximum atomic E-state index is 12.2. The van der Waals surface area contributed by atoms with Gasteiger partial charge in [-0.3, -0.25) is 4.79 Å². The third-order valence-electron chi connectivity index (χ3n) is 3.75. The lowest BCUT2D eigenvalue weighted by Gasteiger charge is -2.18. The summed E-state index contributed by atoms with van der Waals surface area (Å²) < 4.78 is 5.58. The van der Waals surface area contributed by atoms with Crippen molar-refractivity contribution in [3.05, 3.63) is 34.0 Å². The Hall–Kier alpha value is -1.48. The summed E-state index contributed by atoms with van der Waals surface area (Å²) in [4.78, 5) is 14.1. The molecule has 0 N–H and O–H groups in total. The van der Waals surface area contributed by atoms with Crippen molar-refractivity contribution in [2.75, 3.05) is 13.1 Å². The number of hydrogen-bond donors (Lipinski definition) is 0. The van der Waals surface area contributed by atoms with Crippen LogP contribution in [0.3, 0.4) is 0 Å². The van der Waals surface area contributed by atoms with Crippen molar-refractivity contribution in [1.82, 2.24) is 4.90 Å². The molecule has 0 radical (unpaired) electrons. The molecule has 0 aliphatic carbocycles. The number of rotatable bonds is 4. The molecule has 20 heavy (non-hydrogen) atoms. The first-order valence-electron chi connectivity index (χ1n) is 6.93. The Kier molecular flexibility index (Phi) is 4.39. The summed E-state index contributed by atoms with van der Waals surface area (Å²) in [5.74, 6) is 0.119. The van der Waals surface area contributed by atoms with Gasteiger partial charge in [0.15, 0.2) is 0 Å². The zero-order valence-electron chi connectivity index (χ0n) is 12.4. The molecule has 1 aromatic carbocycles. The van der Waals surface area contributed by atoms with E-state index in [1.54, 1.807) is 6.26 Å². The number of carbonyl (C=O) groups excluding carboxylic acids is 1. The van der Waals surface area contributed by atoms with Crippen molar-refractivity contribution in [3.8, 4) is 0 Å². The summed E-state index contributed by atoms with van der Waals surface area (Å²) in [6, 6.07) is 1.93. The summed E-state index contributed by atoms with van der Waals surface area (Å²) >= 11 is 6.30. The highest BCUT2D eigenvalue weighted by Crippen LogP contribution is 2.32. The number of fused-ring (bicyclic) bond motifs is 1. The average molecular weight is 294 g/mol. The Morgan fingerprint density at radius 2 is 1.95 bits per heavy atom. The first kappa shape index (κ1) is 14.9. The van der Waals surface area contributed by atoms with E-state index < -0.39 is 0 Å². The van der Waals surface area contributed by atoms with Crippen molar-refractivity contribution in [2.45, 2.75) is 34.1 Å². The molecule has 2 aromatic rings. The van der Waals surface area contributed by atoms with E-state index in [0.717, 1.165) is 45.8 Å². The molecule has 0 unspecified atom stereocenters. The molecule has 0 aliphatic rings. The van der Waals surface area contributed by atoms with E-state index in [-0.39, 0.29) is 5.91 Å². The molecule has 0 atom stereocenters. The van der Waals surface area contributed by atoms with Gasteiger partial charge in [-0.1, -0.05) is 11.6 Å². The quantitative estimate of drug-likeness (QED) is 0.850. The van der Waals surface area contributed by atoms with E-state index in [4.69, 9.17) is 16.0 Å². The summed E-state index contributed by atoms with van der Waals surface area (Å²) in [5.41, 5.74) is 3.69. The number of carbonyl (C=O) groups is 1. The summed E-state index contributed by atoms with van der Waals surface area (Å²) in [6.45, 7) is 9.35. The minimum atomic E-state index is 0.119. The zero-order valence-corrected chi connectivity index (χ0v) is 13.2. The molecule has 0 aliphatic heterocycles. The Morgan fingerprint density at radius 1 is 1.30 bits per heavy atom. The van der Waals surface area contributed by atoms with Crippen LogP contribution in [0.2, 0.25) is 5.02 Å². The van der Waals surface area contributed by atoms with Crippen LogP contribution < -0.4 is 0 Å². The van der Waals surface area contributed by atoms with Crippen molar-refractivity contribution in [3.63, 3.8) is 0 Å². The van der Waals surface area contributed by atoms with Crippen LogP contribution in [0.5, 0.6) is 0 Å². The van der Waals surface area contributed by atoms with Crippen LogP contribution in [-0.2, 0) is 11.2 Å². The van der Waals surface area contributed by atoms with Crippen LogP contribution in [0.1, 0.15) is 30.5 Å². The number of nitrogens with zero attached hydrogens (tertiary/aromatic N) is 1. The molecule has 0 saturated heterocycles. The van der Waals surface area contributed by atoms with Gasteiger partial charge in [-0.2, -0.15) is 0 Å². The summed E-state index contributed by atoms with van der Waals surface area (Å²) in [5, 5.41) is 1.72. The third kappa shape index (κ3) is 2.55. The molecular weight excluding hydrogens is 274 g/mol. The largest absolute Gasteiger partial charge is 0.464 e. The number of amides is 1. The molecule has 0 fully saturated rings. The second-order valence-electron chi connectivity index (χ2n) is 5.01. The Labute approximate surface area is 124 Å². The number of hydrogen-bond acceptors (Lipinski definition) is 2. The number of likely N-dealkylation sites (N-methyl/N-ethyl adjacent to an activating group) is 1. The molecule has 0 bridgehead atoms. The molecule has 0 spiro atoms. The van der Waals surface area contributed by atoms with E-state index in [2.05, 4.69) is 0 Å². The first-order chi connectivity index (χ1) is 9.49. The summed E-state index contributed by atoms with van der Waals surface area (Å²) in [7, 11) is 0. The highest BCUT2D eigenvalue weighted by molar-refractivity contribution is 6.33. The van der Waals surface area contributed by atoms with Gasteiger partial charge >= 0.3 is 0 Å². The Balaban J connectivity index is 2.41. The number of halogens is 1. The third-order valence-corrected chi connectivity index (χ3v) is 4.33. The molecule has 1 amide bonds. The average Bonchev–Trinajstić information content (AvgIpc) is 2.80. The highest BCUT2D eigenvalue weighted by Gasteiger charge is 2.17. The normalized spacial score (nSPS) is 11.1. The van der Waals surface area contributed by atoms with E-state index in [0.29, 0.717) is 6.42 Å². The van der Waals surface area contributed by atoms with Crippen LogP contribution >= 0.6 is 11.6 Å². The Morgan fingerprint density at radius 3 is 2.55 bits per heavy atom. The minimum Gasteiger partial charge on any atom is -0.464 e. The maximum Gasteiger partial charge on any atom is 0.227 e. The predicted molar refractivity (Wildman–Crippen MR) is 82.3 cm³/mol. The zero-order chi connectivity index (χ0) is 14.9. The second-order valence-corrected chi connectivity index (χ2v) is 5.39. The van der Waals surface area contributed by atoms with Crippen molar-refractivity contribution in [2.24, 2.45) is 0 Å². The lowest BCUT2D eigenvalue weighted by atomic mass is 10.0. The van der Waals surface area contributed by atoms with Crippen molar-refractivity contribution in [1.29, 1.82) is 0 Å². The highest BCUT2D eigenvalue weighted by atomic mass is 35.5. The van der Waals surface area contributed by atoms with E-state index in [1.807, 2.05) is 38.7 Å². The lowest BCUT2D eigenvalue weighted by molar-refractivity contribution is -0.130. The molecule has 108 valence electrons. The molecular formula is C16H20ClNO2. The van der Waals surface area contributed by atoms with Gasteiger partial charge < -0.3 is 9.32 Å². The van der Waals surface area contributed by atoms with Crippen LogP contribution in [-0.4, -0.2) is 23.9 Å². The smallest absolute Gasteiger partial charge is 0.227 e. The summed E-state index contributed by atoms with van der Waals surface area (Å²) in [6.07, 6.45) is 2.03. The molecule has 1 aromatic heterocycles. The predicted octanol–water partition coefficient (Wildman–Crippen LogP) is 4.11. The van der Waals surface area contributed by atoms with Gasteiger partial charge in [-0.15, -0.1) is 0 Å². The van der Waals surface area contributed by atoms with Gasteiger partial charge in [-0.05, 0) is 44.9 Å². The van der Waals surface area contributed by atoms with Crippen LogP contribution in [0.4, 0.5) is 0 Å². The van der Waals surface area contributed by atoms with Gasteiger partial charge in [0.25, 0.3) is 0 Å². The molecule has 2 rings (SSSR count). The maximum absolute atomic E-state index is 12.2. The van der Waals surface area contributed by atoms with Gasteiger partial charge in [0.1, 0.15) is 5.58 Å². The van der Waals surface area contributed by atoms with E-state index in [9.17, 15) is 4.79 Å². The topological polar surface area (TPSA) is 33.5 Å². The minimum absolute atomic E-state index is 0.119. The fraction of sp³-hybridized carbons (Fsp3) is 0.438. The van der Waals surface area contributed by atoms with Crippen molar-refractivity contribution < 1.29 is 9.21 Å². The number of aryl methyl sites for hydroxylation is 2. The monoisotopic (exact) mass is 293 g/mol. The van der Waals surface area contributed by atoms with Gasteiger partial charge in [0.2, 0.25) is 5.91 Å². The standard InChI is InChI=1S/C16H20ClNO2/c1-5-18(6-2)14(19)8-12-9-20-13-7-10(3)16(17)11(4)15(12)13/h7,9H,5-6,8H2,1-4H3. The number of furan rings is 1. The van der Waals surface area contributed by atoms with Crippen LogP contribution in [0.25, 0.3) is 11.0 Å². The SMILES string of the molecule is CCN(CC)C(=O)Cc1coc2cc(C)c(Cl)c(C)c12. The molecule has 4 heteroatoms.